The lowest BCUT2D eigenvalue weighted by atomic mass is 10.2. The number of fused-ring (bicyclic) bond motifs is 1. The van der Waals surface area contributed by atoms with Gasteiger partial charge in [-0.25, -0.2) is 0 Å². The maximum absolute atomic E-state index is 5.56. The highest BCUT2D eigenvalue weighted by atomic mass is 32.1. The second kappa shape index (κ2) is 5.07. The molecule has 2 aromatic carbocycles. The van der Waals surface area contributed by atoms with E-state index in [-0.39, 0.29) is 0 Å². The van der Waals surface area contributed by atoms with Gasteiger partial charge in [0.25, 0.3) is 0 Å². The molecule has 19 heavy (non-hydrogen) atoms. The number of aromatic amines is 1. The molecule has 0 aliphatic rings. The van der Waals surface area contributed by atoms with E-state index in [9.17, 15) is 0 Å². The molecule has 0 aliphatic carbocycles. The van der Waals surface area contributed by atoms with Crippen LogP contribution in [0.4, 0.5) is 0 Å². The van der Waals surface area contributed by atoms with E-state index in [2.05, 4.69) is 17.1 Å². The van der Waals surface area contributed by atoms with E-state index in [1.54, 1.807) is 0 Å². The van der Waals surface area contributed by atoms with E-state index in [0.29, 0.717) is 11.3 Å². The highest BCUT2D eigenvalue weighted by molar-refractivity contribution is 7.72. The van der Waals surface area contributed by atoms with Crippen LogP contribution in [0.2, 0.25) is 0 Å². The number of para-hydroxylation sites is 1. The Bertz CT molecular complexity index is 832. The Morgan fingerprint density at radius 3 is 2.37 bits per heavy atom. The second-order valence-electron chi connectivity index (χ2n) is 4.35. The van der Waals surface area contributed by atoms with Crippen LogP contribution < -0.4 is 0 Å². The lowest BCUT2D eigenvalue weighted by Crippen LogP contribution is -2.05. The largest absolute Gasteiger partial charge is 0.332 e. The van der Waals surface area contributed by atoms with Gasteiger partial charge >= 0.3 is 0 Å². The van der Waals surface area contributed by atoms with Crippen LogP contribution in [-0.4, -0.2) is 9.55 Å². The van der Waals surface area contributed by atoms with E-state index in [0.717, 1.165) is 15.5 Å². The fraction of sp³-hybridized carbons (Fsp3) is 0.0667. The van der Waals surface area contributed by atoms with Gasteiger partial charge < -0.3 is 9.55 Å². The molecule has 3 rings (SSSR count). The minimum Gasteiger partial charge on any atom is -0.332 e. The number of rotatable bonds is 2. The third-order valence-electron chi connectivity index (χ3n) is 3.07. The zero-order chi connectivity index (χ0) is 13.2. The van der Waals surface area contributed by atoms with Crippen LogP contribution in [0.3, 0.4) is 0 Å². The summed E-state index contributed by atoms with van der Waals surface area (Å²) in [6, 6.07) is 18.2. The van der Waals surface area contributed by atoms with Crippen molar-refractivity contribution in [3.8, 4) is 0 Å². The van der Waals surface area contributed by atoms with Gasteiger partial charge in [-0.05, 0) is 29.9 Å². The summed E-state index contributed by atoms with van der Waals surface area (Å²) >= 11 is 11.0. The molecule has 0 unspecified atom stereocenters. The molecule has 3 aromatic rings. The summed E-state index contributed by atoms with van der Waals surface area (Å²) in [5.41, 5.74) is 2.18. The lowest BCUT2D eigenvalue weighted by Gasteiger charge is -2.09. The lowest BCUT2D eigenvalue weighted by molar-refractivity contribution is 0.751. The third-order valence-corrected chi connectivity index (χ3v) is 3.84. The Morgan fingerprint density at radius 2 is 1.58 bits per heavy atom. The smallest absolute Gasteiger partial charge is 0.178 e. The van der Waals surface area contributed by atoms with Crippen molar-refractivity contribution in [3.05, 3.63) is 69.6 Å². The number of H-pyrrole nitrogens is 1. The molecule has 0 amide bonds. The molecular formula is C15H12N2S2. The maximum Gasteiger partial charge on any atom is 0.178 e. The van der Waals surface area contributed by atoms with Crippen LogP contribution in [0.5, 0.6) is 0 Å². The van der Waals surface area contributed by atoms with E-state index in [1.807, 2.05) is 47.0 Å². The molecule has 2 nitrogen and oxygen atoms in total. The Morgan fingerprint density at radius 1 is 0.895 bits per heavy atom. The van der Waals surface area contributed by atoms with Gasteiger partial charge in [0, 0.05) is 5.39 Å². The summed E-state index contributed by atoms with van der Waals surface area (Å²) in [4.78, 5) is 3.23. The van der Waals surface area contributed by atoms with Crippen molar-refractivity contribution in [1.29, 1.82) is 0 Å². The van der Waals surface area contributed by atoms with Crippen molar-refractivity contribution < 1.29 is 0 Å². The first-order chi connectivity index (χ1) is 9.25. The van der Waals surface area contributed by atoms with Gasteiger partial charge in [0.2, 0.25) is 0 Å². The van der Waals surface area contributed by atoms with Crippen LogP contribution in [0.1, 0.15) is 5.56 Å². The standard InChI is InChI=1S/C15H12N2S2/c18-14-12-8-4-5-9-13(12)16-15(19)17(14)10-11-6-2-1-3-7-11/h1-9H,10H2,(H,16,19). The van der Waals surface area contributed by atoms with Crippen molar-refractivity contribution in [3.63, 3.8) is 0 Å². The van der Waals surface area contributed by atoms with Crippen molar-refractivity contribution in [2.45, 2.75) is 6.54 Å². The van der Waals surface area contributed by atoms with Gasteiger partial charge in [0.15, 0.2) is 4.77 Å². The third kappa shape index (κ3) is 2.37. The molecule has 1 heterocycles. The second-order valence-corrected chi connectivity index (χ2v) is 5.13. The van der Waals surface area contributed by atoms with Crippen LogP contribution in [0, 0.1) is 9.41 Å². The van der Waals surface area contributed by atoms with Crippen LogP contribution in [0.25, 0.3) is 10.9 Å². The molecular weight excluding hydrogens is 272 g/mol. The number of nitrogens with one attached hydrogen (secondary N) is 1. The normalized spacial score (nSPS) is 10.7. The predicted octanol–water partition coefficient (Wildman–Crippen LogP) is 4.48. The van der Waals surface area contributed by atoms with Crippen LogP contribution >= 0.6 is 24.4 Å². The first-order valence-electron chi connectivity index (χ1n) is 6.01. The molecule has 0 aliphatic heterocycles. The van der Waals surface area contributed by atoms with Crippen molar-refractivity contribution in [1.82, 2.24) is 9.55 Å². The molecule has 4 heteroatoms. The number of benzene rings is 2. The molecule has 0 saturated heterocycles. The molecule has 0 saturated carbocycles. The quantitative estimate of drug-likeness (QED) is 0.700. The Hall–Kier alpha value is -1.78. The average molecular weight is 284 g/mol. The van der Waals surface area contributed by atoms with E-state index in [4.69, 9.17) is 24.4 Å². The minimum atomic E-state index is 0.660. The molecule has 0 bridgehead atoms. The first-order valence-corrected chi connectivity index (χ1v) is 6.83. The minimum absolute atomic E-state index is 0.660. The van der Waals surface area contributed by atoms with Gasteiger partial charge in [0.1, 0.15) is 4.64 Å². The number of nitrogens with zero attached hydrogens (tertiary/aromatic N) is 1. The van der Waals surface area contributed by atoms with Crippen molar-refractivity contribution in [2.24, 2.45) is 0 Å². The highest BCUT2D eigenvalue weighted by Crippen LogP contribution is 2.14. The summed E-state index contributed by atoms with van der Waals surface area (Å²) in [5.74, 6) is 0. The molecule has 0 radical (unpaired) electrons. The number of aromatic nitrogens is 2. The zero-order valence-electron chi connectivity index (χ0n) is 10.2. The summed E-state index contributed by atoms with van der Waals surface area (Å²) in [6.45, 7) is 0.694. The molecule has 94 valence electrons. The number of hydrogen-bond donors (Lipinski definition) is 1. The molecule has 0 atom stereocenters. The fourth-order valence-electron chi connectivity index (χ4n) is 2.11. The summed E-state index contributed by atoms with van der Waals surface area (Å²) < 4.78 is 3.40. The summed E-state index contributed by atoms with van der Waals surface area (Å²) in [5, 5.41) is 1.03. The summed E-state index contributed by atoms with van der Waals surface area (Å²) in [6.07, 6.45) is 0. The molecule has 1 aromatic heterocycles. The Balaban J connectivity index is 2.19. The zero-order valence-corrected chi connectivity index (χ0v) is 11.8. The van der Waals surface area contributed by atoms with Crippen LogP contribution in [-0.2, 0) is 6.54 Å². The highest BCUT2D eigenvalue weighted by Gasteiger charge is 2.02. The molecule has 1 N–H and O–H groups in total. The van der Waals surface area contributed by atoms with Crippen molar-refractivity contribution >= 4 is 35.3 Å². The van der Waals surface area contributed by atoms with Gasteiger partial charge in [-0.1, -0.05) is 54.7 Å². The van der Waals surface area contributed by atoms with E-state index < -0.39 is 0 Å². The van der Waals surface area contributed by atoms with Gasteiger partial charge in [-0.2, -0.15) is 0 Å². The predicted molar refractivity (Wildman–Crippen MR) is 83.5 cm³/mol. The maximum atomic E-state index is 5.56. The Kier molecular flexibility index (Phi) is 3.27. The number of hydrogen-bond acceptors (Lipinski definition) is 2. The topological polar surface area (TPSA) is 20.7 Å². The summed E-state index contributed by atoms with van der Waals surface area (Å²) in [7, 11) is 0. The fourth-order valence-corrected chi connectivity index (χ4v) is 2.77. The van der Waals surface area contributed by atoms with E-state index >= 15 is 0 Å². The molecule has 0 fully saturated rings. The average Bonchev–Trinajstić information content (AvgIpc) is 2.45. The SMILES string of the molecule is S=c1[nH]c2ccccc2c(=S)n1Cc1ccccc1. The van der Waals surface area contributed by atoms with Crippen LogP contribution in [0.15, 0.2) is 54.6 Å². The van der Waals surface area contributed by atoms with E-state index in [1.165, 1.54) is 5.56 Å². The van der Waals surface area contributed by atoms with Gasteiger partial charge in [-0.15, -0.1) is 0 Å². The Labute approximate surface area is 121 Å². The monoisotopic (exact) mass is 284 g/mol. The van der Waals surface area contributed by atoms with Gasteiger partial charge in [0.05, 0.1) is 12.1 Å². The van der Waals surface area contributed by atoms with Crippen molar-refractivity contribution in [2.75, 3.05) is 0 Å². The first kappa shape index (κ1) is 12.3. The molecule has 0 spiro atoms. The van der Waals surface area contributed by atoms with Gasteiger partial charge in [-0.3, -0.25) is 0 Å².